The van der Waals surface area contributed by atoms with Crippen molar-refractivity contribution >= 4 is 29.1 Å². The third-order valence-electron chi connectivity index (χ3n) is 4.88. The van der Waals surface area contributed by atoms with Gasteiger partial charge in [0.15, 0.2) is 0 Å². The van der Waals surface area contributed by atoms with Gasteiger partial charge in [-0.2, -0.15) is 0 Å². The Labute approximate surface area is 176 Å². The number of hydrazine groups is 1. The van der Waals surface area contributed by atoms with Gasteiger partial charge in [-0.05, 0) is 48.7 Å². The van der Waals surface area contributed by atoms with Crippen LogP contribution in [-0.4, -0.2) is 34.9 Å². The van der Waals surface area contributed by atoms with Crippen LogP contribution in [0.5, 0.6) is 0 Å². The van der Waals surface area contributed by atoms with Gasteiger partial charge >= 0.3 is 0 Å². The third-order valence-corrected chi connectivity index (χ3v) is 6.02. The van der Waals surface area contributed by atoms with Crippen molar-refractivity contribution in [2.75, 3.05) is 18.0 Å². The third kappa shape index (κ3) is 4.62. The molecule has 1 aromatic carbocycles. The SMILES string of the molecule is O=C(NNC(=O)C1CCCN(c2ncccn2)C1)c1ccc(-c2ccc(F)cc2)s1. The minimum atomic E-state index is -0.388. The predicted molar refractivity (Wildman–Crippen MR) is 112 cm³/mol. The van der Waals surface area contributed by atoms with Crippen LogP contribution >= 0.6 is 11.3 Å². The van der Waals surface area contributed by atoms with Gasteiger partial charge in [-0.1, -0.05) is 12.1 Å². The molecule has 0 bridgehead atoms. The molecule has 3 aromatic rings. The van der Waals surface area contributed by atoms with Crippen LogP contribution in [0.15, 0.2) is 54.9 Å². The van der Waals surface area contributed by atoms with Crippen LogP contribution in [-0.2, 0) is 4.79 Å². The van der Waals surface area contributed by atoms with Crippen LogP contribution < -0.4 is 15.8 Å². The number of piperidine rings is 1. The number of nitrogens with zero attached hydrogens (tertiary/aromatic N) is 3. The van der Waals surface area contributed by atoms with Gasteiger partial charge in [0, 0.05) is 30.4 Å². The monoisotopic (exact) mass is 425 g/mol. The zero-order valence-electron chi connectivity index (χ0n) is 16.0. The molecule has 2 amide bonds. The van der Waals surface area contributed by atoms with E-state index in [9.17, 15) is 14.0 Å². The number of aromatic nitrogens is 2. The van der Waals surface area contributed by atoms with Gasteiger partial charge in [-0.15, -0.1) is 11.3 Å². The lowest BCUT2D eigenvalue weighted by molar-refractivity contribution is -0.126. The average molecular weight is 425 g/mol. The van der Waals surface area contributed by atoms with E-state index < -0.39 is 0 Å². The molecule has 1 aliphatic rings. The molecule has 1 unspecified atom stereocenters. The first kappa shape index (κ1) is 20.0. The van der Waals surface area contributed by atoms with E-state index in [0.717, 1.165) is 29.8 Å². The lowest BCUT2D eigenvalue weighted by Crippen LogP contribution is -2.49. The summed E-state index contributed by atoms with van der Waals surface area (Å²) in [7, 11) is 0. The van der Waals surface area contributed by atoms with Crippen LogP contribution in [0, 0.1) is 11.7 Å². The standard InChI is InChI=1S/C21H20FN5O2S/c22-16-6-4-14(5-7-16)17-8-9-18(30-17)20(29)26-25-19(28)15-3-1-12-27(13-15)21-23-10-2-11-24-21/h2,4-11,15H,1,3,12-13H2,(H,25,28)(H,26,29). The number of hydrogen-bond acceptors (Lipinski definition) is 6. The van der Waals surface area contributed by atoms with E-state index in [4.69, 9.17) is 0 Å². The molecule has 2 N–H and O–H groups in total. The molecule has 1 fully saturated rings. The molecule has 7 nitrogen and oxygen atoms in total. The van der Waals surface area contributed by atoms with Crippen LogP contribution in [0.3, 0.4) is 0 Å². The number of hydrogen-bond donors (Lipinski definition) is 2. The summed E-state index contributed by atoms with van der Waals surface area (Å²) in [5.74, 6) is -0.594. The molecule has 1 aliphatic heterocycles. The molecular formula is C21H20FN5O2S. The van der Waals surface area contributed by atoms with Crippen molar-refractivity contribution in [1.82, 2.24) is 20.8 Å². The number of rotatable bonds is 4. The minimum Gasteiger partial charge on any atom is -0.340 e. The van der Waals surface area contributed by atoms with Crippen molar-refractivity contribution in [3.63, 3.8) is 0 Å². The second-order valence-electron chi connectivity index (χ2n) is 6.95. The van der Waals surface area contributed by atoms with Gasteiger partial charge in [-0.3, -0.25) is 20.4 Å². The average Bonchev–Trinajstić information content (AvgIpc) is 3.29. The molecular weight excluding hydrogens is 405 g/mol. The zero-order valence-corrected chi connectivity index (χ0v) is 16.9. The van der Waals surface area contributed by atoms with Crippen molar-refractivity contribution < 1.29 is 14.0 Å². The van der Waals surface area contributed by atoms with Crippen LogP contribution in [0.1, 0.15) is 22.5 Å². The van der Waals surface area contributed by atoms with E-state index in [0.29, 0.717) is 17.4 Å². The van der Waals surface area contributed by atoms with E-state index >= 15 is 0 Å². The molecule has 0 aliphatic carbocycles. The second kappa shape index (κ2) is 9.00. The largest absolute Gasteiger partial charge is 0.340 e. The van der Waals surface area contributed by atoms with Gasteiger partial charge in [-0.25, -0.2) is 14.4 Å². The Balaban J connectivity index is 1.32. The van der Waals surface area contributed by atoms with Crippen molar-refractivity contribution in [2.45, 2.75) is 12.8 Å². The highest BCUT2D eigenvalue weighted by atomic mass is 32.1. The topological polar surface area (TPSA) is 87.2 Å². The Bertz CT molecular complexity index is 1030. The quantitative estimate of drug-likeness (QED) is 0.628. The van der Waals surface area contributed by atoms with Crippen LogP contribution in [0.25, 0.3) is 10.4 Å². The molecule has 1 atom stereocenters. The van der Waals surface area contributed by atoms with Gasteiger partial charge in [0.1, 0.15) is 5.82 Å². The summed E-state index contributed by atoms with van der Waals surface area (Å²) >= 11 is 1.27. The molecule has 0 saturated carbocycles. The van der Waals surface area contributed by atoms with E-state index in [1.54, 1.807) is 42.7 Å². The number of nitrogens with one attached hydrogen (secondary N) is 2. The Hall–Kier alpha value is -3.33. The number of carbonyl (C=O) groups excluding carboxylic acids is 2. The molecule has 2 aromatic heterocycles. The molecule has 4 rings (SSSR count). The number of benzene rings is 1. The molecule has 0 radical (unpaired) electrons. The Morgan fingerprint density at radius 3 is 2.60 bits per heavy atom. The zero-order chi connectivity index (χ0) is 20.9. The summed E-state index contributed by atoms with van der Waals surface area (Å²) in [6, 6.07) is 11.3. The molecule has 0 spiro atoms. The summed E-state index contributed by atoms with van der Waals surface area (Å²) in [4.78, 5) is 36.7. The molecule has 154 valence electrons. The minimum absolute atomic E-state index is 0.237. The Morgan fingerprint density at radius 2 is 1.83 bits per heavy atom. The Morgan fingerprint density at radius 1 is 1.07 bits per heavy atom. The molecule has 9 heteroatoms. The number of halogens is 1. The first-order chi connectivity index (χ1) is 14.6. The summed E-state index contributed by atoms with van der Waals surface area (Å²) < 4.78 is 13.1. The van der Waals surface area contributed by atoms with E-state index in [1.165, 1.54) is 23.5 Å². The first-order valence-electron chi connectivity index (χ1n) is 9.58. The normalized spacial score (nSPS) is 16.2. The lowest BCUT2D eigenvalue weighted by Gasteiger charge is -2.31. The van der Waals surface area contributed by atoms with Crippen molar-refractivity contribution in [3.05, 3.63) is 65.6 Å². The number of carbonyl (C=O) groups is 2. The molecule has 3 heterocycles. The highest BCUT2D eigenvalue weighted by molar-refractivity contribution is 7.17. The van der Waals surface area contributed by atoms with E-state index in [-0.39, 0.29) is 23.5 Å². The summed E-state index contributed by atoms with van der Waals surface area (Å²) in [6.45, 7) is 1.29. The fraction of sp³-hybridized carbons (Fsp3) is 0.238. The molecule has 1 saturated heterocycles. The maximum atomic E-state index is 13.1. The van der Waals surface area contributed by atoms with Gasteiger partial charge in [0.05, 0.1) is 10.8 Å². The highest BCUT2D eigenvalue weighted by Gasteiger charge is 2.27. The fourth-order valence-electron chi connectivity index (χ4n) is 3.34. The maximum absolute atomic E-state index is 13.1. The summed E-state index contributed by atoms with van der Waals surface area (Å²) in [5.41, 5.74) is 5.85. The van der Waals surface area contributed by atoms with Gasteiger partial charge in [0.25, 0.3) is 5.91 Å². The number of thiophene rings is 1. The smallest absolute Gasteiger partial charge is 0.279 e. The van der Waals surface area contributed by atoms with Crippen LogP contribution in [0.2, 0.25) is 0 Å². The van der Waals surface area contributed by atoms with E-state index in [1.807, 2.05) is 4.90 Å². The van der Waals surface area contributed by atoms with Crippen molar-refractivity contribution in [1.29, 1.82) is 0 Å². The number of amides is 2. The lowest BCUT2D eigenvalue weighted by atomic mass is 9.98. The van der Waals surface area contributed by atoms with Crippen molar-refractivity contribution in [3.8, 4) is 10.4 Å². The summed E-state index contributed by atoms with van der Waals surface area (Å²) in [6.07, 6.45) is 4.93. The number of anilines is 1. The second-order valence-corrected chi connectivity index (χ2v) is 8.03. The predicted octanol–water partition coefficient (Wildman–Crippen LogP) is 3.02. The fourth-order valence-corrected chi connectivity index (χ4v) is 4.25. The van der Waals surface area contributed by atoms with Crippen molar-refractivity contribution in [2.24, 2.45) is 5.92 Å². The van der Waals surface area contributed by atoms with Crippen LogP contribution in [0.4, 0.5) is 10.3 Å². The van der Waals surface area contributed by atoms with Gasteiger partial charge < -0.3 is 4.90 Å². The Kier molecular flexibility index (Phi) is 5.99. The maximum Gasteiger partial charge on any atom is 0.279 e. The summed E-state index contributed by atoms with van der Waals surface area (Å²) in [5, 5.41) is 0. The molecule has 30 heavy (non-hydrogen) atoms. The first-order valence-corrected chi connectivity index (χ1v) is 10.4. The van der Waals surface area contributed by atoms with E-state index in [2.05, 4.69) is 20.8 Å². The van der Waals surface area contributed by atoms with Gasteiger partial charge in [0.2, 0.25) is 11.9 Å². The highest BCUT2D eigenvalue weighted by Crippen LogP contribution is 2.28.